The van der Waals surface area contributed by atoms with E-state index in [9.17, 15) is 0 Å². The first-order chi connectivity index (χ1) is 9.88. The fraction of sp³-hybridized carbons (Fsp3) is 0.533. The van der Waals surface area contributed by atoms with Gasteiger partial charge in [0.1, 0.15) is 0 Å². The molecule has 0 amide bonds. The SMILES string of the molecule is c1cc(CN(c2nc(CNC3CC3)cs2)C2CC2)cs1. The summed E-state index contributed by atoms with van der Waals surface area (Å²) < 4.78 is 0. The van der Waals surface area contributed by atoms with Crippen molar-refractivity contribution in [3.63, 3.8) is 0 Å². The van der Waals surface area contributed by atoms with Crippen molar-refractivity contribution in [1.29, 1.82) is 0 Å². The fourth-order valence-corrected chi connectivity index (χ4v) is 3.92. The van der Waals surface area contributed by atoms with Gasteiger partial charge in [0.05, 0.1) is 5.69 Å². The maximum absolute atomic E-state index is 4.84. The quantitative estimate of drug-likeness (QED) is 0.847. The molecule has 0 aliphatic heterocycles. The number of anilines is 1. The summed E-state index contributed by atoms with van der Waals surface area (Å²) in [7, 11) is 0. The van der Waals surface area contributed by atoms with Gasteiger partial charge in [-0.25, -0.2) is 4.98 Å². The third kappa shape index (κ3) is 3.05. The zero-order valence-corrected chi connectivity index (χ0v) is 13.1. The molecule has 0 spiro atoms. The normalized spacial score (nSPS) is 18.4. The lowest BCUT2D eigenvalue weighted by atomic mass is 10.3. The molecular weight excluding hydrogens is 286 g/mol. The molecule has 2 aromatic heterocycles. The van der Waals surface area contributed by atoms with Gasteiger partial charge in [0.25, 0.3) is 0 Å². The van der Waals surface area contributed by atoms with E-state index in [0.717, 1.165) is 19.1 Å². The topological polar surface area (TPSA) is 28.2 Å². The fourth-order valence-electron chi connectivity index (χ4n) is 2.36. The zero-order valence-electron chi connectivity index (χ0n) is 11.4. The van der Waals surface area contributed by atoms with Crippen LogP contribution in [0, 0.1) is 0 Å². The molecule has 2 fully saturated rings. The number of hydrogen-bond acceptors (Lipinski definition) is 5. The lowest BCUT2D eigenvalue weighted by molar-refractivity contribution is 0.675. The van der Waals surface area contributed by atoms with Crippen LogP contribution in [-0.2, 0) is 13.1 Å². The molecule has 0 bridgehead atoms. The van der Waals surface area contributed by atoms with E-state index in [0.29, 0.717) is 6.04 Å². The van der Waals surface area contributed by atoms with Gasteiger partial charge in [0.15, 0.2) is 5.13 Å². The van der Waals surface area contributed by atoms with Crippen molar-refractivity contribution >= 4 is 27.8 Å². The Bertz CT molecular complexity index is 555. The van der Waals surface area contributed by atoms with Crippen LogP contribution in [0.4, 0.5) is 5.13 Å². The Morgan fingerprint density at radius 1 is 1.25 bits per heavy atom. The molecule has 0 unspecified atom stereocenters. The molecule has 0 radical (unpaired) electrons. The van der Waals surface area contributed by atoms with Crippen LogP contribution in [0.2, 0.25) is 0 Å². The average molecular weight is 305 g/mol. The summed E-state index contributed by atoms with van der Waals surface area (Å²) in [4.78, 5) is 7.33. The van der Waals surface area contributed by atoms with E-state index in [1.165, 1.54) is 42.1 Å². The molecule has 2 aliphatic carbocycles. The summed E-state index contributed by atoms with van der Waals surface area (Å²) in [6.45, 7) is 1.94. The standard InChI is InChI=1S/C15H19N3S2/c1-2-12(1)16-7-13-10-20-15(17-13)18(14-3-4-14)8-11-5-6-19-9-11/h5-6,9-10,12,14,16H,1-4,7-8H2. The predicted molar refractivity (Wildman–Crippen MR) is 85.5 cm³/mol. The second-order valence-electron chi connectivity index (χ2n) is 5.77. The van der Waals surface area contributed by atoms with Crippen molar-refractivity contribution in [3.8, 4) is 0 Å². The molecule has 106 valence electrons. The first-order valence-electron chi connectivity index (χ1n) is 7.34. The molecule has 3 nitrogen and oxygen atoms in total. The second kappa shape index (κ2) is 5.47. The Labute approximate surface area is 127 Å². The smallest absolute Gasteiger partial charge is 0.186 e. The Morgan fingerprint density at radius 2 is 2.15 bits per heavy atom. The molecular formula is C15H19N3S2. The van der Waals surface area contributed by atoms with E-state index in [1.807, 2.05) is 0 Å². The maximum Gasteiger partial charge on any atom is 0.186 e. The molecule has 4 rings (SSSR count). The minimum Gasteiger partial charge on any atom is -0.341 e. The van der Waals surface area contributed by atoms with Gasteiger partial charge in [-0.2, -0.15) is 11.3 Å². The molecule has 1 N–H and O–H groups in total. The van der Waals surface area contributed by atoms with Crippen LogP contribution >= 0.6 is 22.7 Å². The Kier molecular flexibility index (Phi) is 3.50. The molecule has 0 aromatic carbocycles. The monoisotopic (exact) mass is 305 g/mol. The van der Waals surface area contributed by atoms with E-state index < -0.39 is 0 Å². The minimum atomic E-state index is 0.713. The third-order valence-electron chi connectivity index (χ3n) is 3.86. The van der Waals surface area contributed by atoms with Crippen LogP contribution in [0.15, 0.2) is 22.2 Å². The molecule has 2 aromatic rings. The van der Waals surface area contributed by atoms with E-state index in [1.54, 1.807) is 22.7 Å². The summed E-state index contributed by atoms with van der Waals surface area (Å²) in [6.07, 6.45) is 5.31. The Hall–Kier alpha value is -0.910. The maximum atomic E-state index is 4.84. The van der Waals surface area contributed by atoms with Crippen LogP contribution in [-0.4, -0.2) is 17.1 Å². The van der Waals surface area contributed by atoms with Crippen molar-refractivity contribution in [2.45, 2.75) is 50.9 Å². The van der Waals surface area contributed by atoms with Gasteiger partial charge >= 0.3 is 0 Å². The molecule has 0 atom stereocenters. The zero-order chi connectivity index (χ0) is 13.4. The number of nitrogens with zero attached hydrogens (tertiary/aromatic N) is 2. The van der Waals surface area contributed by atoms with Crippen molar-refractivity contribution in [1.82, 2.24) is 10.3 Å². The summed E-state index contributed by atoms with van der Waals surface area (Å²) in [5.74, 6) is 0. The summed E-state index contributed by atoms with van der Waals surface area (Å²) in [6, 6.07) is 3.69. The van der Waals surface area contributed by atoms with Crippen molar-refractivity contribution < 1.29 is 0 Å². The van der Waals surface area contributed by atoms with Crippen molar-refractivity contribution in [3.05, 3.63) is 33.5 Å². The minimum absolute atomic E-state index is 0.713. The molecule has 2 aliphatic rings. The van der Waals surface area contributed by atoms with Gasteiger partial charge < -0.3 is 10.2 Å². The van der Waals surface area contributed by atoms with E-state index in [4.69, 9.17) is 4.98 Å². The van der Waals surface area contributed by atoms with Gasteiger partial charge in [-0.3, -0.25) is 0 Å². The van der Waals surface area contributed by atoms with Crippen LogP contribution in [0.1, 0.15) is 36.9 Å². The largest absolute Gasteiger partial charge is 0.341 e. The highest BCUT2D eigenvalue weighted by atomic mass is 32.1. The second-order valence-corrected chi connectivity index (χ2v) is 7.38. The highest BCUT2D eigenvalue weighted by Gasteiger charge is 2.31. The van der Waals surface area contributed by atoms with Gasteiger partial charge in [-0.15, -0.1) is 11.3 Å². The van der Waals surface area contributed by atoms with E-state index in [2.05, 4.69) is 32.4 Å². The summed E-state index contributed by atoms with van der Waals surface area (Å²) >= 11 is 3.58. The van der Waals surface area contributed by atoms with Crippen LogP contribution in [0.25, 0.3) is 0 Å². The van der Waals surface area contributed by atoms with E-state index in [-0.39, 0.29) is 0 Å². The first-order valence-corrected chi connectivity index (χ1v) is 9.16. The van der Waals surface area contributed by atoms with Crippen LogP contribution < -0.4 is 10.2 Å². The van der Waals surface area contributed by atoms with Crippen molar-refractivity contribution in [2.24, 2.45) is 0 Å². The number of nitrogens with one attached hydrogen (secondary N) is 1. The highest BCUT2D eigenvalue weighted by molar-refractivity contribution is 7.13. The Morgan fingerprint density at radius 3 is 2.85 bits per heavy atom. The number of hydrogen-bond donors (Lipinski definition) is 1. The third-order valence-corrected chi connectivity index (χ3v) is 5.51. The van der Waals surface area contributed by atoms with Gasteiger partial charge in [0, 0.05) is 30.6 Å². The number of aromatic nitrogens is 1. The molecule has 2 saturated carbocycles. The van der Waals surface area contributed by atoms with Crippen LogP contribution in [0.3, 0.4) is 0 Å². The Balaban J connectivity index is 1.45. The molecule has 2 heterocycles. The lowest BCUT2D eigenvalue weighted by Gasteiger charge is -2.20. The summed E-state index contributed by atoms with van der Waals surface area (Å²) in [5.41, 5.74) is 2.61. The number of thiophene rings is 1. The number of thiazole rings is 1. The van der Waals surface area contributed by atoms with Crippen molar-refractivity contribution in [2.75, 3.05) is 4.90 Å². The van der Waals surface area contributed by atoms with Gasteiger partial charge in [-0.05, 0) is 48.1 Å². The first kappa shape index (κ1) is 12.8. The number of rotatable bonds is 7. The molecule has 5 heteroatoms. The lowest BCUT2D eigenvalue weighted by Crippen LogP contribution is -2.24. The van der Waals surface area contributed by atoms with Gasteiger partial charge in [-0.1, -0.05) is 0 Å². The average Bonchev–Trinajstić information content (AvgIpc) is 3.37. The highest BCUT2D eigenvalue weighted by Crippen LogP contribution is 2.35. The van der Waals surface area contributed by atoms with Crippen LogP contribution in [0.5, 0.6) is 0 Å². The summed E-state index contributed by atoms with van der Waals surface area (Å²) in [5, 5.41) is 11.4. The predicted octanol–water partition coefficient (Wildman–Crippen LogP) is 3.63. The molecule has 0 saturated heterocycles. The van der Waals surface area contributed by atoms with E-state index >= 15 is 0 Å². The van der Waals surface area contributed by atoms with Gasteiger partial charge in [0.2, 0.25) is 0 Å². The molecule has 20 heavy (non-hydrogen) atoms.